The minimum absolute atomic E-state index is 0.221. The first-order chi connectivity index (χ1) is 9.26. The monoisotopic (exact) mass is 308 g/mol. The van der Waals surface area contributed by atoms with Gasteiger partial charge in [0, 0.05) is 19.1 Å². The number of aliphatic hydroxyl groups is 1. The highest BCUT2D eigenvalue weighted by atomic mass is 32.2. The maximum Gasteiger partial charge on any atom is 0.308 e. The minimum Gasteiger partial charge on any atom is -0.469 e. The van der Waals surface area contributed by atoms with Gasteiger partial charge in [0.2, 0.25) is 0 Å². The zero-order chi connectivity index (χ0) is 15.3. The van der Waals surface area contributed by atoms with Crippen LogP contribution < -0.4 is 4.72 Å². The molecule has 1 saturated heterocycles. The number of nitrogens with zero attached hydrogens (tertiary/aromatic N) is 1. The summed E-state index contributed by atoms with van der Waals surface area (Å²) in [6.45, 7) is 3.94. The molecule has 1 fully saturated rings. The van der Waals surface area contributed by atoms with E-state index in [1.807, 2.05) is 0 Å². The van der Waals surface area contributed by atoms with Crippen LogP contribution in [0.1, 0.15) is 33.1 Å². The van der Waals surface area contributed by atoms with Gasteiger partial charge in [0.15, 0.2) is 0 Å². The van der Waals surface area contributed by atoms with Gasteiger partial charge in [-0.3, -0.25) is 4.79 Å². The summed E-state index contributed by atoms with van der Waals surface area (Å²) >= 11 is 0. The molecule has 1 rings (SSSR count). The van der Waals surface area contributed by atoms with Gasteiger partial charge in [-0.2, -0.15) is 17.4 Å². The number of rotatable bonds is 6. The second-order valence-electron chi connectivity index (χ2n) is 5.31. The molecule has 0 spiro atoms. The molecule has 0 aromatic heterocycles. The number of hydrogen-bond donors (Lipinski definition) is 2. The number of esters is 1. The van der Waals surface area contributed by atoms with Crippen LogP contribution in [0.25, 0.3) is 0 Å². The van der Waals surface area contributed by atoms with Crippen LogP contribution in [-0.4, -0.2) is 56.1 Å². The second-order valence-corrected chi connectivity index (χ2v) is 7.01. The standard InChI is InChI=1S/C12H24N2O5S/c1-9(8-10(2)15)13-20(17,18)14-6-4-11(5-7-14)12(16)19-3/h9-11,13,15H,4-8H2,1-3H3. The number of aliphatic hydroxyl groups excluding tert-OH is 1. The molecule has 0 aromatic rings. The molecule has 0 aromatic carbocycles. The highest BCUT2D eigenvalue weighted by molar-refractivity contribution is 7.87. The molecule has 2 N–H and O–H groups in total. The predicted octanol–water partition coefficient (Wildman–Crippen LogP) is -0.135. The van der Waals surface area contributed by atoms with Crippen molar-refractivity contribution in [3.63, 3.8) is 0 Å². The molecule has 118 valence electrons. The van der Waals surface area contributed by atoms with Gasteiger partial charge in [0.25, 0.3) is 10.2 Å². The lowest BCUT2D eigenvalue weighted by Gasteiger charge is -2.31. The summed E-state index contributed by atoms with van der Waals surface area (Å²) in [7, 11) is -2.23. The molecule has 2 unspecified atom stereocenters. The number of nitrogens with one attached hydrogen (secondary N) is 1. The predicted molar refractivity (Wildman–Crippen MR) is 74.1 cm³/mol. The maximum atomic E-state index is 12.1. The maximum absolute atomic E-state index is 12.1. The Bertz CT molecular complexity index is 416. The van der Waals surface area contributed by atoms with E-state index in [1.165, 1.54) is 11.4 Å². The van der Waals surface area contributed by atoms with E-state index in [2.05, 4.69) is 9.46 Å². The van der Waals surface area contributed by atoms with Crippen molar-refractivity contribution >= 4 is 16.2 Å². The second kappa shape index (κ2) is 7.35. The molecule has 0 bridgehead atoms. The first-order valence-corrected chi connectivity index (χ1v) is 8.23. The summed E-state index contributed by atoms with van der Waals surface area (Å²) < 4.78 is 32.8. The Morgan fingerprint density at radius 3 is 2.40 bits per heavy atom. The smallest absolute Gasteiger partial charge is 0.308 e. The van der Waals surface area contributed by atoms with Crippen molar-refractivity contribution in [3.8, 4) is 0 Å². The molecule has 1 aliphatic heterocycles. The number of ether oxygens (including phenoxy) is 1. The van der Waals surface area contributed by atoms with Crippen LogP contribution in [0.15, 0.2) is 0 Å². The van der Waals surface area contributed by atoms with Crippen LogP contribution in [0.3, 0.4) is 0 Å². The van der Waals surface area contributed by atoms with Crippen molar-refractivity contribution in [2.45, 2.75) is 45.3 Å². The first-order valence-electron chi connectivity index (χ1n) is 6.79. The number of carbonyl (C=O) groups excluding carboxylic acids is 1. The van der Waals surface area contributed by atoms with Gasteiger partial charge in [0.1, 0.15) is 0 Å². The van der Waals surface area contributed by atoms with E-state index >= 15 is 0 Å². The van der Waals surface area contributed by atoms with Crippen molar-refractivity contribution in [2.75, 3.05) is 20.2 Å². The van der Waals surface area contributed by atoms with Gasteiger partial charge in [-0.15, -0.1) is 0 Å². The van der Waals surface area contributed by atoms with Gasteiger partial charge >= 0.3 is 5.97 Å². The average molecular weight is 308 g/mol. The lowest BCUT2D eigenvalue weighted by Crippen LogP contribution is -2.48. The van der Waals surface area contributed by atoms with E-state index in [1.54, 1.807) is 13.8 Å². The third-order valence-electron chi connectivity index (χ3n) is 3.37. The van der Waals surface area contributed by atoms with E-state index in [4.69, 9.17) is 0 Å². The summed E-state index contributed by atoms with van der Waals surface area (Å²) in [5, 5.41) is 9.25. The molecule has 20 heavy (non-hydrogen) atoms. The summed E-state index contributed by atoms with van der Waals surface area (Å²) in [4.78, 5) is 11.4. The topological polar surface area (TPSA) is 95.9 Å². The van der Waals surface area contributed by atoms with E-state index in [0.717, 1.165) is 0 Å². The molecular formula is C12H24N2O5S. The van der Waals surface area contributed by atoms with Crippen molar-refractivity contribution in [1.29, 1.82) is 0 Å². The van der Waals surface area contributed by atoms with Crippen molar-refractivity contribution in [1.82, 2.24) is 9.03 Å². The number of methoxy groups -OCH3 is 1. The summed E-state index contributed by atoms with van der Waals surface area (Å²) in [5.41, 5.74) is 0. The van der Waals surface area contributed by atoms with Gasteiger partial charge < -0.3 is 9.84 Å². The molecule has 0 amide bonds. The molecule has 0 saturated carbocycles. The molecule has 0 radical (unpaired) electrons. The Morgan fingerprint density at radius 2 is 1.95 bits per heavy atom. The zero-order valence-corrected chi connectivity index (χ0v) is 13.0. The Balaban J connectivity index is 2.52. The quantitative estimate of drug-likeness (QED) is 0.666. The third-order valence-corrected chi connectivity index (χ3v) is 5.12. The van der Waals surface area contributed by atoms with E-state index in [9.17, 15) is 18.3 Å². The van der Waals surface area contributed by atoms with Crippen LogP contribution in [-0.2, 0) is 19.7 Å². The SMILES string of the molecule is COC(=O)C1CCN(S(=O)(=O)NC(C)CC(C)O)CC1. The highest BCUT2D eigenvalue weighted by Crippen LogP contribution is 2.20. The van der Waals surface area contributed by atoms with Gasteiger partial charge in [-0.1, -0.05) is 0 Å². The summed E-state index contributed by atoms with van der Waals surface area (Å²) in [6.07, 6.45) is 0.743. The Kier molecular flexibility index (Phi) is 6.38. The van der Waals surface area contributed by atoms with Crippen LogP contribution in [0, 0.1) is 5.92 Å². The van der Waals surface area contributed by atoms with Crippen molar-refractivity contribution in [2.24, 2.45) is 5.92 Å². The third kappa shape index (κ3) is 5.01. The summed E-state index contributed by atoms with van der Waals surface area (Å²) in [6, 6.07) is -0.335. The molecule has 7 nitrogen and oxygen atoms in total. The summed E-state index contributed by atoms with van der Waals surface area (Å²) in [5.74, 6) is -0.501. The van der Waals surface area contributed by atoms with Gasteiger partial charge in [0.05, 0.1) is 19.1 Å². The van der Waals surface area contributed by atoms with E-state index in [0.29, 0.717) is 32.4 Å². The van der Waals surface area contributed by atoms with Crippen LogP contribution in [0.4, 0.5) is 0 Å². The highest BCUT2D eigenvalue weighted by Gasteiger charge is 2.32. The average Bonchev–Trinajstić information content (AvgIpc) is 2.36. The fourth-order valence-electron chi connectivity index (χ4n) is 2.39. The molecule has 8 heteroatoms. The van der Waals surface area contributed by atoms with Gasteiger partial charge in [-0.25, -0.2) is 0 Å². The zero-order valence-electron chi connectivity index (χ0n) is 12.2. The number of piperidine rings is 1. The van der Waals surface area contributed by atoms with E-state index < -0.39 is 16.3 Å². The fourth-order valence-corrected chi connectivity index (χ4v) is 3.83. The minimum atomic E-state index is -3.56. The van der Waals surface area contributed by atoms with Crippen LogP contribution in [0.5, 0.6) is 0 Å². The lowest BCUT2D eigenvalue weighted by atomic mass is 9.99. The normalized spacial score (nSPS) is 21.4. The Labute approximate surface area is 120 Å². The molecule has 1 heterocycles. The van der Waals surface area contributed by atoms with Crippen molar-refractivity contribution in [3.05, 3.63) is 0 Å². The molecular weight excluding hydrogens is 284 g/mol. The molecule has 0 aliphatic carbocycles. The Morgan fingerprint density at radius 1 is 1.40 bits per heavy atom. The lowest BCUT2D eigenvalue weighted by molar-refractivity contribution is -0.146. The fraction of sp³-hybridized carbons (Fsp3) is 0.917. The van der Waals surface area contributed by atoms with Crippen LogP contribution >= 0.6 is 0 Å². The Hall–Kier alpha value is -0.700. The van der Waals surface area contributed by atoms with Crippen molar-refractivity contribution < 1.29 is 23.1 Å². The van der Waals surface area contributed by atoms with Gasteiger partial charge in [-0.05, 0) is 33.1 Å². The van der Waals surface area contributed by atoms with Crippen LogP contribution in [0.2, 0.25) is 0 Å². The number of carbonyl (C=O) groups is 1. The first kappa shape index (κ1) is 17.4. The largest absolute Gasteiger partial charge is 0.469 e. The molecule has 2 atom stereocenters. The number of hydrogen-bond acceptors (Lipinski definition) is 5. The van der Waals surface area contributed by atoms with E-state index in [-0.39, 0.29) is 17.9 Å². The molecule has 1 aliphatic rings.